The Morgan fingerprint density at radius 1 is 1.00 bits per heavy atom. The molecular formula is C18H22F3N3O2S. The summed E-state index contributed by atoms with van der Waals surface area (Å²) in [6.45, 7) is 4.26. The van der Waals surface area contributed by atoms with E-state index in [2.05, 4.69) is 4.90 Å². The van der Waals surface area contributed by atoms with Gasteiger partial charge in [0.25, 0.3) is 5.24 Å². The number of thioether (sulfide) groups is 1. The number of piperazine rings is 1. The molecule has 2 aliphatic rings. The number of carbonyl (C=O) groups is 2. The number of carbonyl (C=O) groups excluding carboxylic acids is 2. The van der Waals surface area contributed by atoms with Crippen molar-refractivity contribution in [2.75, 3.05) is 49.9 Å². The standard InChI is InChI=1S/C18H22F3N3O2S/c19-18(20,21)14-4-3-5-15(12-14)23-10-8-22(9-11-23)6-1-2-7-24-16(25)13-27-17(24)26/h3-5,12H,1-2,6-11,13H2. The van der Waals surface area contributed by atoms with Crippen LogP contribution in [0.15, 0.2) is 24.3 Å². The molecule has 2 aliphatic heterocycles. The van der Waals surface area contributed by atoms with Crippen molar-refractivity contribution in [1.29, 1.82) is 0 Å². The Balaban J connectivity index is 1.40. The smallest absolute Gasteiger partial charge is 0.369 e. The van der Waals surface area contributed by atoms with Crippen molar-refractivity contribution in [3.05, 3.63) is 29.8 Å². The summed E-state index contributed by atoms with van der Waals surface area (Å²) in [7, 11) is 0. The highest BCUT2D eigenvalue weighted by Gasteiger charge is 2.31. The second-order valence-electron chi connectivity index (χ2n) is 6.68. The number of hydrogen-bond donors (Lipinski definition) is 0. The predicted molar refractivity (Wildman–Crippen MR) is 98.9 cm³/mol. The van der Waals surface area contributed by atoms with E-state index in [1.807, 2.05) is 4.90 Å². The number of alkyl halides is 3. The van der Waals surface area contributed by atoms with Crippen LogP contribution in [0.5, 0.6) is 0 Å². The van der Waals surface area contributed by atoms with Crippen LogP contribution in [-0.4, -0.2) is 66.0 Å². The first kappa shape index (κ1) is 20.0. The first-order valence-corrected chi connectivity index (χ1v) is 9.95. The maximum atomic E-state index is 12.9. The molecule has 0 N–H and O–H groups in total. The summed E-state index contributed by atoms with van der Waals surface area (Å²) in [5, 5.41) is -0.158. The molecule has 148 valence electrons. The van der Waals surface area contributed by atoms with Crippen LogP contribution < -0.4 is 4.90 Å². The van der Waals surface area contributed by atoms with Crippen LogP contribution in [0.3, 0.4) is 0 Å². The lowest BCUT2D eigenvalue weighted by Gasteiger charge is -2.36. The van der Waals surface area contributed by atoms with Crippen molar-refractivity contribution in [1.82, 2.24) is 9.80 Å². The van der Waals surface area contributed by atoms with Crippen molar-refractivity contribution in [3.63, 3.8) is 0 Å². The molecule has 0 atom stereocenters. The monoisotopic (exact) mass is 401 g/mol. The highest BCUT2D eigenvalue weighted by atomic mass is 32.2. The van der Waals surface area contributed by atoms with Gasteiger partial charge in [-0.3, -0.25) is 19.4 Å². The number of halogens is 3. The Bertz CT molecular complexity index is 675. The fourth-order valence-corrected chi connectivity index (χ4v) is 4.06. The van der Waals surface area contributed by atoms with E-state index >= 15 is 0 Å². The average molecular weight is 401 g/mol. The van der Waals surface area contributed by atoms with E-state index in [4.69, 9.17) is 0 Å². The molecule has 0 unspecified atom stereocenters. The summed E-state index contributed by atoms with van der Waals surface area (Å²) in [5.74, 6) is 0.135. The number of anilines is 1. The van der Waals surface area contributed by atoms with Gasteiger partial charge in [0.1, 0.15) is 0 Å². The number of unbranched alkanes of at least 4 members (excludes halogenated alkanes) is 1. The second kappa shape index (κ2) is 8.52. The zero-order valence-electron chi connectivity index (χ0n) is 14.9. The van der Waals surface area contributed by atoms with Crippen molar-refractivity contribution < 1.29 is 22.8 Å². The maximum absolute atomic E-state index is 12.9. The number of amides is 2. The first-order chi connectivity index (χ1) is 12.8. The van der Waals surface area contributed by atoms with E-state index in [1.165, 1.54) is 17.0 Å². The summed E-state index contributed by atoms with van der Waals surface area (Å²) in [4.78, 5) is 28.6. The molecule has 2 fully saturated rings. The minimum atomic E-state index is -4.32. The van der Waals surface area contributed by atoms with Crippen LogP contribution in [0, 0.1) is 0 Å². The number of nitrogens with zero attached hydrogens (tertiary/aromatic N) is 3. The minimum Gasteiger partial charge on any atom is -0.369 e. The molecule has 0 radical (unpaired) electrons. The predicted octanol–water partition coefficient (Wildman–Crippen LogP) is 3.30. The molecule has 2 heterocycles. The summed E-state index contributed by atoms with van der Waals surface area (Å²) in [6.07, 6.45) is -2.67. The first-order valence-electron chi connectivity index (χ1n) is 8.96. The van der Waals surface area contributed by atoms with Gasteiger partial charge in [0.2, 0.25) is 5.91 Å². The summed E-state index contributed by atoms with van der Waals surface area (Å²) >= 11 is 1.05. The van der Waals surface area contributed by atoms with Gasteiger partial charge in [0, 0.05) is 38.4 Å². The fourth-order valence-electron chi connectivity index (χ4n) is 3.31. The lowest BCUT2D eigenvalue weighted by atomic mass is 10.1. The molecule has 0 spiro atoms. The molecule has 9 heteroatoms. The molecule has 27 heavy (non-hydrogen) atoms. The fraction of sp³-hybridized carbons (Fsp3) is 0.556. The molecule has 2 saturated heterocycles. The van der Waals surface area contributed by atoms with Gasteiger partial charge in [0.15, 0.2) is 0 Å². The van der Waals surface area contributed by atoms with Gasteiger partial charge in [0.05, 0.1) is 11.3 Å². The molecular weight excluding hydrogens is 379 g/mol. The van der Waals surface area contributed by atoms with Gasteiger partial charge in [-0.15, -0.1) is 0 Å². The number of hydrogen-bond acceptors (Lipinski definition) is 5. The van der Waals surface area contributed by atoms with Gasteiger partial charge in [-0.1, -0.05) is 17.8 Å². The Labute approximate surface area is 160 Å². The molecule has 2 amide bonds. The van der Waals surface area contributed by atoms with Crippen LogP contribution in [0.1, 0.15) is 18.4 Å². The van der Waals surface area contributed by atoms with Crippen LogP contribution in [0.2, 0.25) is 0 Å². The van der Waals surface area contributed by atoms with E-state index in [0.29, 0.717) is 25.3 Å². The highest BCUT2D eigenvalue weighted by Crippen LogP contribution is 2.31. The second-order valence-corrected chi connectivity index (χ2v) is 7.61. The topological polar surface area (TPSA) is 43.9 Å². The highest BCUT2D eigenvalue weighted by molar-refractivity contribution is 8.14. The number of benzene rings is 1. The zero-order valence-corrected chi connectivity index (χ0v) is 15.7. The van der Waals surface area contributed by atoms with Gasteiger partial charge in [-0.05, 0) is 37.6 Å². The van der Waals surface area contributed by atoms with Crippen molar-refractivity contribution in [2.45, 2.75) is 19.0 Å². The SMILES string of the molecule is O=C1CSC(=O)N1CCCCN1CCN(c2cccc(C(F)(F)F)c2)CC1. The zero-order chi connectivity index (χ0) is 19.4. The van der Waals surface area contributed by atoms with Gasteiger partial charge >= 0.3 is 6.18 Å². The Hall–Kier alpha value is -1.74. The van der Waals surface area contributed by atoms with E-state index in [1.54, 1.807) is 6.07 Å². The van der Waals surface area contributed by atoms with Crippen LogP contribution in [0.4, 0.5) is 23.7 Å². The van der Waals surface area contributed by atoms with Crippen molar-refractivity contribution >= 4 is 28.6 Å². The van der Waals surface area contributed by atoms with Gasteiger partial charge in [-0.25, -0.2) is 0 Å². The summed E-state index contributed by atoms with van der Waals surface area (Å²) in [6, 6.07) is 5.46. The third-order valence-corrected chi connectivity index (χ3v) is 5.72. The number of rotatable bonds is 6. The molecule has 3 rings (SSSR count). The van der Waals surface area contributed by atoms with Crippen LogP contribution in [0.25, 0.3) is 0 Å². The molecule has 0 bridgehead atoms. The normalized spacial score (nSPS) is 19.2. The molecule has 0 aromatic heterocycles. The quantitative estimate of drug-likeness (QED) is 0.685. The average Bonchev–Trinajstić information content (AvgIpc) is 2.97. The third-order valence-electron chi connectivity index (χ3n) is 4.86. The summed E-state index contributed by atoms with van der Waals surface area (Å²) in [5.41, 5.74) is -0.0142. The van der Waals surface area contributed by atoms with Gasteiger partial charge in [-0.2, -0.15) is 13.2 Å². The Morgan fingerprint density at radius 2 is 1.70 bits per heavy atom. The largest absolute Gasteiger partial charge is 0.416 e. The lowest BCUT2D eigenvalue weighted by Crippen LogP contribution is -2.46. The molecule has 0 saturated carbocycles. The van der Waals surface area contributed by atoms with Crippen LogP contribution >= 0.6 is 11.8 Å². The lowest BCUT2D eigenvalue weighted by molar-refractivity contribution is -0.137. The van der Waals surface area contributed by atoms with Crippen molar-refractivity contribution in [2.24, 2.45) is 0 Å². The molecule has 1 aromatic rings. The molecule has 5 nitrogen and oxygen atoms in total. The van der Waals surface area contributed by atoms with E-state index in [0.717, 1.165) is 50.3 Å². The summed E-state index contributed by atoms with van der Waals surface area (Å²) < 4.78 is 38.6. The van der Waals surface area contributed by atoms with Gasteiger partial charge < -0.3 is 4.90 Å². The number of imide groups is 1. The maximum Gasteiger partial charge on any atom is 0.416 e. The van der Waals surface area contributed by atoms with Crippen molar-refractivity contribution in [3.8, 4) is 0 Å². The van der Waals surface area contributed by atoms with Crippen LogP contribution in [-0.2, 0) is 11.0 Å². The Morgan fingerprint density at radius 3 is 2.33 bits per heavy atom. The Kier molecular flexibility index (Phi) is 6.31. The third kappa shape index (κ3) is 5.16. The molecule has 1 aromatic carbocycles. The molecule has 0 aliphatic carbocycles. The van der Waals surface area contributed by atoms with E-state index in [9.17, 15) is 22.8 Å². The van der Waals surface area contributed by atoms with E-state index in [-0.39, 0.29) is 16.9 Å². The van der Waals surface area contributed by atoms with E-state index < -0.39 is 11.7 Å². The minimum absolute atomic E-state index is 0.111.